The minimum absolute atomic E-state index is 0.204. The predicted octanol–water partition coefficient (Wildman–Crippen LogP) is 5.34. The average molecular weight is 422 g/mol. The molecule has 3 rings (SSSR count). The Labute approximate surface area is 160 Å². The summed E-state index contributed by atoms with van der Waals surface area (Å²) in [7, 11) is 0. The lowest BCUT2D eigenvalue weighted by atomic mass is 9.79. The standard InChI is InChI=1S/C20H18BrClO3/c21-16-7-3-14(4-8-16)18(23)13-25-19(24)20(11-1-2-12-20)15-5-9-17(22)10-6-15/h3-10H,1-2,11-13H2. The smallest absolute Gasteiger partial charge is 0.317 e. The van der Waals surface area contributed by atoms with Gasteiger partial charge < -0.3 is 4.74 Å². The Bertz CT molecular complexity index is 763. The summed E-state index contributed by atoms with van der Waals surface area (Å²) in [6.45, 7) is -0.240. The zero-order valence-electron chi connectivity index (χ0n) is 13.6. The van der Waals surface area contributed by atoms with Crippen LogP contribution >= 0.6 is 27.5 Å². The molecule has 2 aromatic carbocycles. The molecule has 5 heteroatoms. The van der Waals surface area contributed by atoms with Crippen LogP contribution in [0, 0.1) is 0 Å². The quantitative estimate of drug-likeness (QED) is 0.483. The third-order valence-corrected chi connectivity index (χ3v) is 5.53. The first-order chi connectivity index (χ1) is 12.0. The molecule has 1 saturated carbocycles. The molecule has 1 fully saturated rings. The van der Waals surface area contributed by atoms with Crippen LogP contribution in [0.4, 0.5) is 0 Å². The summed E-state index contributed by atoms with van der Waals surface area (Å²) in [6, 6.07) is 14.4. The molecular formula is C20H18BrClO3. The first-order valence-electron chi connectivity index (χ1n) is 8.23. The van der Waals surface area contributed by atoms with Crippen LogP contribution in [0.25, 0.3) is 0 Å². The molecule has 0 N–H and O–H groups in total. The maximum absolute atomic E-state index is 12.8. The van der Waals surface area contributed by atoms with E-state index in [9.17, 15) is 9.59 Å². The molecule has 1 aliphatic carbocycles. The van der Waals surface area contributed by atoms with E-state index in [-0.39, 0.29) is 18.4 Å². The van der Waals surface area contributed by atoms with Crippen LogP contribution in [0.1, 0.15) is 41.6 Å². The van der Waals surface area contributed by atoms with Crippen molar-refractivity contribution in [2.24, 2.45) is 0 Å². The van der Waals surface area contributed by atoms with Gasteiger partial charge in [0.05, 0.1) is 5.41 Å². The lowest BCUT2D eigenvalue weighted by Gasteiger charge is -2.27. The van der Waals surface area contributed by atoms with Crippen molar-refractivity contribution in [3.63, 3.8) is 0 Å². The zero-order chi connectivity index (χ0) is 17.9. The Balaban J connectivity index is 1.72. The maximum Gasteiger partial charge on any atom is 0.317 e. The molecule has 2 aromatic rings. The van der Waals surface area contributed by atoms with Crippen LogP contribution < -0.4 is 0 Å². The van der Waals surface area contributed by atoms with E-state index in [1.54, 1.807) is 36.4 Å². The van der Waals surface area contributed by atoms with Crippen LogP contribution in [0.15, 0.2) is 53.0 Å². The Morgan fingerprint density at radius 1 is 1.00 bits per heavy atom. The average Bonchev–Trinajstić information content (AvgIpc) is 3.11. The summed E-state index contributed by atoms with van der Waals surface area (Å²) in [6.07, 6.45) is 3.41. The van der Waals surface area contributed by atoms with E-state index in [4.69, 9.17) is 16.3 Å². The fraction of sp³-hybridized carbons (Fsp3) is 0.300. The van der Waals surface area contributed by atoms with Gasteiger partial charge in [-0.25, -0.2) is 0 Å². The van der Waals surface area contributed by atoms with Gasteiger partial charge in [0.25, 0.3) is 0 Å². The van der Waals surface area contributed by atoms with Gasteiger partial charge in [-0.2, -0.15) is 0 Å². The zero-order valence-corrected chi connectivity index (χ0v) is 16.0. The summed E-state index contributed by atoms with van der Waals surface area (Å²) >= 11 is 9.29. The summed E-state index contributed by atoms with van der Waals surface area (Å²) < 4.78 is 6.32. The van der Waals surface area contributed by atoms with Crippen molar-refractivity contribution in [3.8, 4) is 0 Å². The highest BCUT2D eigenvalue weighted by Gasteiger charge is 2.44. The molecular weight excluding hydrogens is 404 g/mol. The highest BCUT2D eigenvalue weighted by atomic mass is 79.9. The van der Waals surface area contributed by atoms with Gasteiger partial charge in [0.2, 0.25) is 0 Å². The second kappa shape index (κ2) is 7.71. The normalized spacial score (nSPS) is 15.8. The van der Waals surface area contributed by atoms with Gasteiger partial charge in [0.1, 0.15) is 0 Å². The number of hydrogen-bond acceptors (Lipinski definition) is 3. The van der Waals surface area contributed by atoms with Crippen molar-refractivity contribution in [2.45, 2.75) is 31.1 Å². The second-order valence-electron chi connectivity index (χ2n) is 6.30. The van der Waals surface area contributed by atoms with E-state index in [1.807, 2.05) is 12.1 Å². The molecule has 0 heterocycles. The first kappa shape index (κ1) is 18.2. The molecule has 0 atom stereocenters. The minimum Gasteiger partial charge on any atom is -0.457 e. The van der Waals surface area contributed by atoms with Crippen molar-refractivity contribution in [1.82, 2.24) is 0 Å². The molecule has 130 valence electrons. The number of benzene rings is 2. The number of ether oxygens (including phenoxy) is 1. The molecule has 0 aromatic heterocycles. The summed E-state index contributed by atoms with van der Waals surface area (Å²) in [5, 5.41) is 0.635. The van der Waals surface area contributed by atoms with E-state index in [2.05, 4.69) is 15.9 Å². The van der Waals surface area contributed by atoms with E-state index >= 15 is 0 Å². The molecule has 1 aliphatic rings. The molecule has 0 unspecified atom stereocenters. The number of ketones is 1. The van der Waals surface area contributed by atoms with Crippen molar-refractivity contribution < 1.29 is 14.3 Å². The van der Waals surface area contributed by atoms with Crippen LogP contribution in [0.2, 0.25) is 5.02 Å². The SMILES string of the molecule is O=C(COC(=O)C1(c2ccc(Cl)cc2)CCCC1)c1ccc(Br)cc1. The number of carbonyl (C=O) groups is 2. The predicted molar refractivity (Wildman–Crippen MR) is 101 cm³/mol. The van der Waals surface area contributed by atoms with Crippen molar-refractivity contribution >= 4 is 39.3 Å². The maximum atomic E-state index is 12.8. The Kier molecular flexibility index (Phi) is 5.60. The highest BCUT2D eigenvalue weighted by molar-refractivity contribution is 9.10. The topological polar surface area (TPSA) is 43.4 Å². The summed E-state index contributed by atoms with van der Waals surface area (Å²) in [5.41, 5.74) is 0.781. The summed E-state index contributed by atoms with van der Waals surface area (Å²) in [5.74, 6) is -0.525. The van der Waals surface area contributed by atoms with Crippen molar-refractivity contribution in [2.75, 3.05) is 6.61 Å². The van der Waals surface area contributed by atoms with Crippen molar-refractivity contribution in [3.05, 3.63) is 69.2 Å². The molecule has 25 heavy (non-hydrogen) atoms. The molecule has 0 radical (unpaired) electrons. The highest BCUT2D eigenvalue weighted by Crippen LogP contribution is 2.42. The fourth-order valence-electron chi connectivity index (χ4n) is 3.35. The Morgan fingerprint density at radius 2 is 1.60 bits per heavy atom. The number of rotatable bonds is 5. The van der Waals surface area contributed by atoms with Gasteiger partial charge in [-0.1, -0.05) is 64.6 Å². The van der Waals surface area contributed by atoms with Gasteiger partial charge in [-0.05, 0) is 42.7 Å². The Morgan fingerprint density at radius 3 is 2.20 bits per heavy atom. The van der Waals surface area contributed by atoms with E-state index in [0.717, 1.165) is 35.7 Å². The second-order valence-corrected chi connectivity index (χ2v) is 7.65. The van der Waals surface area contributed by atoms with Gasteiger partial charge >= 0.3 is 5.97 Å². The van der Waals surface area contributed by atoms with E-state index < -0.39 is 5.41 Å². The van der Waals surface area contributed by atoms with Gasteiger partial charge in [-0.3, -0.25) is 9.59 Å². The monoisotopic (exact) mass is 420 g/mol. The van der Waals surface area contributed by atoms with Gasteiger partial charge in [-0.15, -0.1) is 0 Å². The Hall–Kier alpha value is -1.65. The fourth-order valence-corrected chi connectivity index (χ4v) is 3.74. The van der Waals surface area contributed by atoms with E-state index in [0.29, 0.717) is 10.6 Å². The molecule has 0 amide bonds. The molecule has 0 spiro atoms. The summed E-state index contributed by atoms with van der Waals surface area (Å²) in [4.78, 5) is 25.1. The van der Waals surface area contributed by atoms with Crippen LogP contribution in [-0.2, 0) is 14.9 Å². The van der Waals surface area contributed by atoms with Crippen LogP contribution in [0.5, 0.6) is 0 Å². The largest absolute Gasteiger partial charge is 0.457 e. The van der Waals surface area contributed by atoms with Gasteiger partial charge in [0.15, 0.2) is 12.4 Å². The van der Waals surface area contributed by atoms with Crippen molar-refractivity contribution in [1.29, 1.82) is 0 Å². The number of hydrogen-bond donors (Lipinski definition) is 0. The third-order valence-electron chi connectivity index (χ3n) is 4.75. The molecule has 3 nitrogen and oxygen atoms in total. The minimum atomic E-state index is -0.662. The van der Waals surface area contributed by atoms with Gasteiger partial charge in [0, 0.05) is 15.1 Å². The molecule has 0 saturated heterocycles. The first-order valence-corrected chi connectivity index (χ1v) is 9.40. The lowest BCUT2D eigenvalue weighted by Crippen LogP contribution is -2.35. The van der Waals surface area contributed by atoms with Crippen LogP contribution in [0.3, 0.4) is 0 Å². The lowest BCUT2D eigenvalue weighted by molar-refractivity contribution is -0.149. The van der Waals surface area contributed by atoms with E-state index in [1.165, 1.54) is 0 Å². The molecule has 0 bridgehead atoms. The molecule has 0 aliphatic heterocycles. The third kappa shape index (κ3) is 3.96. The number of esters is 1. The number of carbonyl (C=O) groups excluding carboxylic acids is 2. The number of halogens is 2. The number of Topliss-reactive ketones (excluding diaryl/α,β-unsaturated/α-hetero) is 1. The van der Waals surface area contributed by atoms with Crippen LogP contribution in [-0.4, -0.2) is 18.4 Å².